The summed E-state index contributed by atoms with van der Waals surface area (Å²) in [5, 5.41) is 5.42. The molecule has 2 heterocycles. The third-order valence-electron chi connectivity index (χ3n) is 21.5. The van der Waals surface area contributed by atoms with Crippen molar-refractivity contribution in [1.82, 2.24) is 0 Å². The summed E-state index contributed by atoms with van der Waals surface area (Å²) in [5.74, 6) is 1.31. The molecule has 8 aromatic rings. The molecule has 0 saturated heterocycles. The molecule has 3 nitrogen and oxygen atoms in total. The monoisotopic (exact) mass is 1070 g/mol. The number of benzene rings is 7. The normalized spacial score (nSPS) is 19.9. The van der Waals surface area contributed by atoms with Crippen LogP contribution in [0.2, 0.25) is 0 Å². The molecule has 4 aliphatic carbocycles. The van der Waals surface area contributed by atoms with Crippen molar-refractivity contribution in [3.05, 3.63) is 171 Å². The molecule has 5 aliphatic rings. The zero-order valence-electron chi connectivity index (χ0n) is 52.1. The minimum Gasteiger partial charge on any atom is -0.440 e. The van der Waals surface area contributed by atoms with Gasteiger partial charge in [-0.25, -0.2) is 0 Å². The van der Waals surface area contributed by atoms with Gasteiger partial charge in [0.25, 0.3) is 0 Å². The molecule has 7 aromatic carbocycles. The second kappa shape index (κ2) is 18.1. The molecule has 415 valence electrons. The summed E-state index contributed by atoms with van der Waals surface area (Å²) in [6.07, 6.45) is 9.30. The van der Waals surface area contributed by atoms with Gasteiger partial charge in [-0.2, -0.15) is 0 Å². The molecule has 1 N–H and O–H groups in total. The van der Waals surface area contributed by atoms with E-state index in [1.165, 1.54) is 126 Å². The molecule has 1 radical (unpaired) electrons. The molecule has 13 rings (SSSR count). The third-order valence-corrected chi connectivity index (χ3v) is 21.5. The summed E-state index contributed by atoms with van der Waals surface area (Å²) in [6, 6.07) is 45.8. The Morgan fingerprint density at radius 1 is 0.519 bits per heavy atom. The lowest BCUT2D eigenvalue weighted by Gasteiger charge is -2.42. The summed E-state index contributed by atoms with van der Waals surface area (Å²) in [7, 11) is 2.53. The Balaban J connectivity index is 1.11. The number of hydrogen-bond donors (Lipinski definition) is 1. The lowest BCUT2D eigenvalue weighted by molar-refractivity contribution is 0.331. The minimum atomic E-state index is -0.326. The molecule has 81 heavy (non-hydrogen) atoms. The van der Waals surface area contributed by atoms with Crippen LogP contribution in [0.15, 0.2) is 120 Å². The first-order valence-electron chi connectivity index (χ1n) is 31.0. The van der Waals surface area contributed by atoms with Crippen molar-refractivity contribution < 1.29 is 4.42 Å². The van der Waals surface area contributed by atoms with Gasteiger partial charge in [0.05, 0.1) is 5.69 Å². The van der Waals surface area contributed by atoms with Crippen molar-refractivity contribution in [2.75, 3.05) is 10.2 Å². The topological polar surface area (TPSA) is 28.4 Å². The summed E-state index contributed by atoms with van der Waals surface area (Å²) in [4.78, 5) is 2.52. The van der Waals surface area contributed by atoms with E-state index in [0.29, 0.717) is 5.92 Å². The van der Waals surface area contributed by atoms with Crippen LogP contribution in [0.5, 0.6) is 0 Å². The summed E-state index contributed by atoms with van der Waals surface area (Å²) >= 11 is 0. The van der Waals surface area contributed by atoms with Crippen LogP contribution in [0, 0.1) is 6.92 Å². The second-order valence-electron chi connectivity index (χ2n) is 30.4. The van der Waals surface area contributed by atoms with Crippen LogP contribution in [0.25, 0.3) is 44.3 Å². The van der Waals surface area contributed by atoms with Gasteiger partial charge in [-0.3, -0.25) is 4.90 Å². The van der Waals surface area contributed by atoms with Gasteiger partial charge in [-0.1, -0.05) is 178 Å². The van der Waals surface area contributed by atoms with E-state index in [4.69, 9.17) is 4.42 Å². The lowest BCUT2D eigenvalue weighted by Crippen LogP contribution is -2.41. The van der Waals surface area contributed by atoms with Crippen LogP contribution in [-0.2, 0) is 37.9 Å². The van der Waals surface area contributed by atoms with Gasteiger partial charge in [0.2, 0.25) is 7.28 Å². The molecule has 0 spiro atoms. The van der Waals surface area contributed by atoms with Crippen molar-refractivity contribution in [3.8, 4) is 33.4 Å². The van der Waals surface area contributed by atoms with E-state index < -0.39 is 0 Å². The molecular weight excluding hydrogens is 980 g/mol. The van der Waals surface area contributed by atoms with Crippen molar-refractivity contribution in [1.29, 1.82) is 0 Å². The van der Waals surface area contributed by atoms with Crippen molar-refractivity contribution in [3.63, 3.8) is 0 Å². The Hall–Kier alpha value is -6.26. The van der Waals surface area contributed by atoms with Gasteiger partial charge < -0.3 is 9.73 Å². The standard InChI is InChI=1S/C77H88BN2O/c1-18-22-46(3)48-25-30-63(51(39-48)47-23-20-19-21-24-47)80-64-38-45(2)37-54(68(64)78-69-53-42-59-61(44-65(53)81-70(69)80)76(14,15)36-34-74(59,10)11)66-62(79-49-26-28-55-57(40-49)72(6,7)32-31-71(55,4)5)29-27-50-52-41-58-60(43-56(52)77(16,17)67(50)66)75(12,13)35-33-73(58,8)9/h19-21,23-30,37-44,46,79H,18,22,31-36H2,1-17H3/t46-/m0/s1. The van der Waals surface area contributed by atoms with E-state index in [1.807, 2.05) is 0 Å². The number of rotatable bonds is 8. The Morgan fingerprint density at radius 2 is 1.11 bits per heavy atom. The Bertz CT molecular complexity index is 3910. The SMILES string of the molecule is CCC[C@H](C)c1ccc(N2c3cc(C)cc(-c4c(Nc5ccc6c(c5)C(C)(C)CCC6(C)C)ccc5c4C(C)(C)c4cc6c(cc4-5)C(C)(C)CCC6(C)C)c3[B]c3c2oc2cc4c(cc32)C(C)(C)CCC4(C)C)c(-c2ccccc2)c1. The number of anilines is 5. The highest BCUT2D eigenvalue weighted by molar-refractivity contribution is 6.75. The van der Waals surface area contributed by atoms with Gasteiger partial charge in [-0.15, -0.1) is 0 Å². The van der Waals surface area contributed by atoms with E-state index in [9.17, 15) is 0 Å². The maximum absolute atomic E-state index is 7.53. The predicted octanol–water partition coefficient (Wildman–Crippen LogP) is 20.5. The summed E-state index contributed by atoms with van der Waals surface area (Å²) in [5.41, 5.74) is 29.9. The number of furan rings is 1. The van der Waals surface area contributed by atoms with Crippen LogP contribution in [-0.4, -0.2) is 7.28 Å². The maximum atomic E-state index is 7.53. The van der Waals surface area contributed by atoms with Gasteiger partial charge in [-0.05, 0) is 234 Å². The molecule has 0 fully saturated rings. The fraction of sp³-hybridized carbons (Fsp3) is 0.429. The molecule has 0 saturated carbocycles. The number of aryl methyl sites for hydroxylation is 1. The highest BCUT2D eigenvalue weighted by atomic mass is 16.4. The molecule has 0 unspecified atom stereocenters. The fourth-order valence-electron chi connectivity index (χ4n) is 16.0. The third kappa shape index (κ3) is 8.39. The molecule has 1 atom stereocenters. The average molecular weight is 1070 g/mol. The predicted molar refractivity (Wildman–Crippen MR) is 348 cm³/mol. The lowest BCUT2D eigenvalue weighted by atomic mass is 9.57. The minimum absolute atomic E-state index is 0.0280. The molecule has 0 amide bonds. The Kier molecular flexibility index (Phi) is 12.1. The highest BCUT2D eigenvalue weighted by Crippen LogP contribution is 2.59. The van der Waals surface area contributed by atoms with E-state index in [2.05, 4.69) is 250 Å². The van der Waals surface area contributed by atoms with E-state index >= 15 is 0 Å². The molecule has 4 heteroatoms. The quantitative estimate of drug-likeness (QED) is 0.154. The van der Waals surface area contributed by atoms with Crippen LogP contribution in [0.4, 0.5) is 28.6 Å². The first kappa shape index (κ1) is 54.0. The number of hydrogen-bond acceptors (Lipinski definition) is 3. The van der Waals surface area contributed by atoms with Crippen LogP contribution >= 0.6 is 0 Å². The van der Waals surface area contributed by atoms with Crippen LogP contribution in [0.3, 0.4) is 0 Å². The van der Waals surface area contributed by atoms with Gasteiger partial charge in [0.15, 0.2) is 5.88 Å². The van der Waals surface area contributed by atoms with E-state index in [0.717, 1.165) is 65.4 Å². The average Bonchev–Trinajstić information content (AvgIpc) is 2.51. The Labute approximate surface area is 487 Å². The zero-order chi connectivity index (χ0) is 57.3. The van der Waals surface area contributed by atoms with Crippen molar-refractivity contribution in [2.24, 2.45) is 0 Å². The fourth-order valence-corrected chi connectivity index (χ4v) is 16.0. The maximum Gasteiger partial charge on any atom is 0.203 e. The first-order valence-corrected chi connectivity index (χ1v) is 31.0. The summed E-state index contributed by atoms with van der Waals surface area (Å²) < 4.78 is 7.53. The van der Waals surface area contributed by atoms with Gasteiger partial charge in [0, 0.05) is 39.0 Å². The first-order chi connectivity index (χ1) is 38.1. The Morgan fingerprint density at radius 3 is 1.75 bits per heavy atom. The summed E-state index contributed by atoms with van der Waals surface area (Å²) in [6.45, 7) is 41.5. The molecule has 0 bridgehead atoms. The number of fused-ring (bicyclic) bond motifs is 10. The van der Waals surface area contributed by atoms with Crippen LogP contribution < -0.4 is 21.1 Å². The molecule has 1 aliphatic heterocycles. The van der Waals surface area contributed by atoms with E-state index in [1.54, 1.807) is 0 Å². The van der Waals surface area contributed by atoms with Crippen molar-refractivity contribution >= 4 is 57.8 Å². The number of nitrogens with one attached hydrogen (secondary N) is 1. The molecule has 1 aromatic heterocycles. The zero-order valence-corrected chi connectivity index (χ0v) is 52.1. The van der Waals surface area contributed by atoms with Crippen LogP contribution in [0.1, 0.15) is 224 Å². The number of nitrogens with zero attached hydrogens (tertiary/aromatic N) is 1. The largest absolute Gasteiger partial charge is 0.440 e. The second-order valence-corrected chi connectivity index (χ2v) is 30.4. The smallest absolute Gasteiger partial charge is 0.203 e. The van der Waals surface area contributed by atoms with Crippen molar-refractivity contribution in [2.45, 2.75) is 213 Å². The molecular formula is C77H88BN2O. The van der Waals surface area contributed by atoms with Gasteiger partial charge in [0.1, 0.15) is 5.58 Å². The highest BCUT2D eigenvalue weighted by Gasteiger charge is 2.46. The van der Waals surface area contributed by atoms with Gasteiger partial charge >= 0.3 is 0 Å². The van der Waals surface area contributed by atoms with E-state index in [-0.39, 0.29) is 37.9 Å².